The molecule has 0 aliphatic heterocycles. The largest absolute Gasteiger partial charge is 0.352 e. The minimum Gasteiger partial charge on any atom is -0.352 e. The predicted molar refractivity (Wildman–Crippen MR) is 68.6 cm³/mol. The van der Waals surface area contributed by atoms with Crippen molar-refractivity contribution < 1.29 is 9.47 Å². The Bertz CT molecular complexity index is 345. The quantitative estimate of drug-likeness (QED) is 0.569. The first kappa shape index (κ1) is 12.3. The molecule has 92 valence electrons. The standard InChI is InChI=1S/C15H20O2/c1-16-15(14-10-6-3-7-11-14)17-12-13-8-4-2-5-9-13/h2-4,6-7,10-11,13,15H,5,8-9,12H2,1H3. The summed E-state index contributed by atoms with van der Waals surface area (Å²) in [5.41, 5.74) is 1.08. The molecule has 1 aromatic carbocycles. The zero-order chi connectivity index (χ0) is 11.9. The Morgan fingerprint density at radius 2 is 2.06 bits per heavy atom. The number of benzene rings is 1. The number of methoxy groups -OCH3 is 1. The first-order valence-corrected chi connectivity index (χ1v) is 6.24. The lowest BCUT2D eigenvalue weighted by atomic mass is 9.95. The molecule has 0 spiro atoms. The number of hydrogen-bond donors (Lipinski definition) is 0. The van der Waals surface area contributed by atoms with Crippen LogP contribution >= 0.6 is 0 Å². The summed E-state index contributed by atoms with van der Waals surface area (Å²) >= 11 is 0. The molecule has 2 atom stereocenters. The number of rotatable bonds is 5. The van der Waals surface area contributed by atoms with Gasteiger partial charge in [-0.2, -0.15) is 0 Å². The molecule has 0 amide bonds. The van der Waals surface area contributed by atoms with Gasteiger partial charge in [-0.15, -0.1) is 0 Å². The third kappa shape index (κ3) is 3.69. The van der Waals surface area contributed by atoms with Gasteiger partial charge in [-0.1, -0.05) is 42.5 Å². The van der Waals surface area contributed by atoms with Crippen molar-refractivity contribution in [2.75, 3.05) is 13.7 Å². The minimum absolute atomic E-state index is 0.234. The topological polar surface area (TPSA) is 18.5 Å². The van der Waals surface area contributed by atoms with Crippen LogP contribution in [0.2, 0.25) is 0 Å². The van der Waals surface area contributed by atoms with Gasteiger partial charge in [0.15, 0.2) is 6.29 Å². The molecular formula is C15H20O2. The summed E-state index contributed by atoms with van der Waals surface area (Å²) in [5, 5.41) is 0. The Labute approximate surface area is 103 Å². The van der Waals surface area contributed by atoms with Gasteiger partial charge in [0, 0.05) is 12.7 Å². The molecule has 0 heterocycles. The van der Waals surface area contributed by atoms with Gasteiger partial charge in [0.25, 0.3) is 0 Å². The van der Waals surface area contributed by atoms with Crippen LogP contribution < -0.4 is 0 Å². The molecule has 1 aromatic rings. The SMILES string of the molecule is COC(OCC1CC=CCC1)c1ccccc1. The van der Waals surface area contributed by atoms with Crippen molar-refractivity contribution in [3.63, 3.8) is 0 Å². The highest BCUT2D eigenvalue weighted by molar-refractivity contribution is 5.15. The van der Waals surface area contributed by atoms with Crippen LogP contribution in [-0.4, -0.2) is 13.7 Å². The second-order valence-electron chi connectivity index (χ2n) is 4.46. The summed E-state index contributed by atoms with van der Waals surface area (Å²) in [7, 11) is 1.69. The Kier molecular flexibility index (Phi) is 4.77. The lowest BCUT2D eigenvalue weighted by molar-refractivity contribution is -0.137. The second-order valence-corrected chi connectivity index (χ2v) is 4.46. The number of ether oxygens (including phenoxy) is 2. The lowest BCUT2D eigenvalue weighted by Crippen LogP contribution is -2.15. The van der Waals surface area contributed by atoms with E-state index in [1.165, 1.54) is 12.8 Å². The monoisotopic (exact) mass is 232 g/mol. The fraction of sp³-hybridized carbons (Fsp3) is 0.467. The maximum absolute atomic E-state index is 5.86. The predicted octanol–water partition coefficient (Wildman–Crippen LogP) is 3.70. The average molecular weight is 232 g/mol. The van der Waals surface area contributed by atoms with Crippen LogP contribution in [0.5, 0.6) is 0 Å². The van der Waals surface area contributed by atoms with Gasteiger partial charge >= 0.3 is 0 Å². The van der Waals surface area contributed by atoms with E-state index < -0.39 is 0 Å². The van der Waals surface area contributed by atoms with Gasteiger partial charge in [-0.05, 0) is 25.2 Å². The van der Waals surface area contributed by atoms with E-state index in [-0.39, 0.29) is 6.29 Å². The van der Waals surface area contributed by atoms with Gasteiger partial charge in [0.2, 0.25) is 0 Å². The fourth-order valence-electron chi connectivity index (χ4n) is 2.14. The Balaban J connectivity index is 1.85. The molecule has 17 heavy (non-hydrogen) atoms. The first-order valence-electron chi connectivity index (χ1n) is 6.24. The lowest BCUT2D eigenvalue weighted by Gasteiger charge is -2.22. The van der Waals surface area contributed by atoms with E-state index in [9.17, 15) is 0 Å². The molecule has 0 radical (unpaired) electrons. The third-order valence-corrected chi connectivity index (χ3v) is 3.15. The first-order chi connectivity index (χ1) is 8.40. The molecule has 0 N–H and O–H groups in total. The highest BCUT2D eigenvalue weighted by Gasteiger charge is 2.15. The van der Waals surface area contributed by atoms with Crippen molar-refractivity contribution in [2.45, 2.75) is 25.6 Å². The molecule has 1 aliphatic carbocycles. The van der Waals surface area contributed by atoms with Crippen LogP contribution in [0.4, 0.5) is 0 Å². The van der Waals surface area contributed by atoms with Crippen LogP contribution in [0.25, 0.3) is 0 Å². The molecule has 0 fully saturated rings. The van der Waals surface area contributed by atoms with E-state index in [1.54, 1.807) is 7.11 Å². The maximum atomic E-state index is 5.86. The van der Waals surface area contributed by atoms with Crippen LogP contribution in [0.15, 0.2) is 42.5 Å². The van der Waals surface area contributed by atoms with Gasteiger partial charge < -0.3 is 9.47 Å². The van der Waals surface area contributed by atoms with Crippen LogP contribution in [0.1, 0.15) is 31.1 Å². The highest BCUT2D eigenvalue weighted by Crippen LogP contribution is 2.23. The zero-order valence-electron chi connectivity index (χ0n) is 10.3. The minimum atomic E-state index is -0.234. The van der Waals surface area contributed by atoms with E-state index in [2.05, 4.69) is 12.2 Å². The van der Waals surface area contributed by atoms with Crippen molar-refractivity contribution in [1.29, 1.82) is 0 Å². The second kappa shape index (κ2) is 6.58. The van der Waals surface area contributed by atoms with Crippen LogP contribution in [0, 0.1) is 5.92 Å². The average Bonchev–Trinajstić information content (AvgIpc) is 2.42. The molecule has 2 heteroatoms. The van der Waals surface area contributed by atoms with Crippen molar-refractivity contribution in [3.05, 3.63) is 48.0 Å². The molecule has 2 nitrogen and oxygen atoms in total. The number of hydrogen-bond acceptors (Lipinski definition) is 2. The molecule has 0 bridgehead atoms. The summed E-state index contributed by atoms with van der Waals surface area (Å²) in [6, 6.07) is 10.1. The summed E-state index contributed by atoms with van der Waals surface area (Å²) < 4.78 is 11.2. The maximum Gasteiger partial charge on any atom is 0.183 e. The zero-order valence-corrected chi connectivity index (χ0v) is 10.3. The van der Waals surface area contributed by atoms with E-state index >= 15 is 0 Å². The van der Waals surface area contributed by atoms with E-state index in [0.29, 0.717) is 5.92 Å². The van der Waals surface area contributed by atoms with Gasteiger partial charge in [-0.3, -0.25) is 0 Å². The normalized spacial score (nSPS) is 21.4. The van der Waals surface area contributed by atoms with E-state index in [4.69, 9.17) is 9.47 Å². The van der Waals surface area contributed by atoms with E-state index in [1.807, 2.05) is 30.3 Å². The molecular weight excluding hydrogens is 212 g/mol. The summed E-state index contributed by atoms with van der Waals surface area (Å²) in [6.07, 6.45) is 7.80. The smallest absolute Gasteiger partial charge is 0.183 e. The Hall–Kier alpha value is -1.12. The molecule has 1 aliphatic rings. The third-order valence-electron chi connectivity index (χ3n) is 3.15. The van der Waals surface area contributed by atoms with Crippen LogP contribution in [-0.2, 0) is 9.47 Å². The summed E-state index contributed by atoms with van der Waals surface area (Å²) in [5.74, 6) is 0.640. The van der Waals surface area contributed by atoms with Gasteiger partial charge in [0.1, 0.15) is 0 Å². The Morgan fingerprint density at radius 3 is 2.71 bits per heavy atom. The van der Waals surface area contributed by atoms with Crippen molar-refractivity contribution in [3.8, 4) is 0 Å². The molecule has 0 aromatic heterocycles. The van der Waals surface area contributed by atoms with Crippen molar-refractivity contribution >= 4 is 0 Å². The van der Waals surface area contributed by atoms with Crippen molar-refractivity contribution in [2.24, 2.45) is 5.92 Å². The molecule has 0 saturated carbocycles. The van der Waals surface area contributed by atoms with Crippen LogP contribution in [0.3, 0.4) is 0 Å². The Morgan fingerprint density at radius 1 is 1.24 bits per heavy atom. The summed E-state index contributed by atoms with van der Waals surface area (Å²) in [4.78, 5) is 0. The highest BCUT2D eigenvalue weighted by atomic mass is 16.7. The van der Waals surface area contributed by atoms with Gasteiger partial charge in [0.05, 0.1) is 6.61 Å². The molecule has 0 saturated heterocycles. The van der Waals surface area contributed by atoms with E-state index in [0.717, 1.165) is 18.6 Å². The van der Waals surface area contributed by atoms with Gasteiger partial charge in [-0.25, -0.2) is 0 Å². The summed E-state index contributed by atoms with van der Waals surface area (Å²) in [6.45, 7) is 0.776. The number of allylic oxidation sites excluding steroid dienone is 2. The molecule has 2 unspecified atom stereocenters. The fourth-order valence-corrected chi connectivity index (χ4v) is 2.14. The molecule has 2 rings (SSSR count). The van der Waals surface area contributed by atoms with Crippen molar-refractivity contribution in [1.82, 2.24) is 0 Å².